The molecule has 1 aliphatic rings. The van der Waals surface area contributed by atoms with Crippen LogP contribution in [0, 0.1) is 0 Å². The van der Waals surface area contributed by atoms with Gasteiger partial charge in [0.1, 0.15) is 6.33 Å². The average Bonchev–Trinajstić information content (AvgIpc) is 3.21. The summed E-state index contributed by atoms with van der Waals surface area (Å²) >= 11 is 6.05. The summed E-state index contributed by atoms with van der Waals surface area (Å²) in [5.41, 5.74) is 2.08. The van der Waals surface area contributed by atoms with Crippen molar-refractivity contribution in [2.75, 3.05) is 26.6 Å². The second kappa shape index (κ2) is 7.59. The lowest BCUT2D eigenvalue weighted by Crippen LogP contribution is -2.28. The van der Waals surface area contributed by atoms with Crippen LogP contribution in [0.2, 0.25) is 5.02 Å². The Bertz CT molecular complexity index is 974. The summed E-state index contributed by atoms with van der Waals surface area (Å²) in [4.78, 5) is 4.38. The smallest absolute Gasteiger partial charge is 0.222 e. The molecule has 28 heavy (non-hydrogen) atoms. The van der Waals surface area contributed by atoms with Crippen LogP contribution < -0.4 is 19.5 Å². The van der Waals surface area contributed by atoms with Gasteiger partial charge in [-0.2, -0.15) is 10.1 Å². The lowest BCUT2D eigenvalue weighted by atomic mass is 9.92. The number of methoxy groups -OCH3 is 3. The van der Waals surface area contributed by atoms with Crippen LogP contribution in [0.4, 0.5) is 5.95 Å². The molecule has 0 bridgehead atoms. The van der Waals surface area contributed by atoms with Gasteiger partial charge in [-0.1, -0.05) is 23.7 Å². The van der Waals surface area contributed by atoms with Gasteiger partial charge in [-0.25, -0.2) is 4.68 Å². The molecule has 0 unspecified atom stereocenters. The van der Waals surface area contributed by atoms with Crippen molar-refractivity contribution in [2.45, 2.75) is 18.5 Å². The number of hydrogen-bond donors (Lipinski definition) is 1. The molecule has 1 aromatic heterocycles. The molecule has 4 rings (SSSR count). The van der Waals surface area contributed by atoms with E-state index in [1.54, 1.807) is 27.7 Å². The number of rotatable bonds is 5. The number of ether oxygens (including phenoxy) is 3. The van der Waals surface area contributed by atoms with E-state index < -0.39 is 0 Å². The van der Waals surface area contributed by atoms with E-state index in [0.717, 1.165) is 17.5 Å². The van der Waals surface area contributed by atoms with Gasteiger partial charge in [0.2, 0.25) is 11.7 Å². The van der Waals surface area contributed by atoms with E-state index >= 15 is 0 Å². The van der Waals surface area contributed by atoms with Gasteiger partial charge in [-0.3, -0.25) is 0 Å². The Labute approximate surface area is 168 Å². The van der Waals surface area contributed by atoms with Crippen LogP contribution in [0.3, 0.4) is 0 Å². The Morgan fingerprint density at radius 1 is 1.00 bits per heavy atom. The van der Waals surface area contributed by atoms with Crippen molar-refractivity contribution < 1.29 is 14.2 Å². The first kappa shape index (κ1) is 18.4. The van der Waals surface area contributed by atoms with E-state index in [1.165, 1.54) is 0 Å². The Morgan fingerprint density at radius 2 is 1.75 bits per heavy atom. The zero-order valence-electron chi connectivity index (χ0n) is 15.8. The zero-order valence-corrected chi connectivity index (χ0v) is 16.6. The van der Waals surface area contributed by atoms with Crippen LogP contribution in [0.5, 0.6) is 17.2 Å². The summed E-state index contributed by atoms with van der Waals surface area (Å²) in [7, 11) is 4.83. The Morgan fingerprint density at radius 3 is 2.43 bits per heavy atom. The quantitative estimate of drug-likeness (QED) is 0.695. The summed E-state index contributed by atoms with van der Waals surface area (Å²) in [6, 6.07) is 11.7. The van der Waals surface area contributed by atoms with Crippen LogP contribution in [0.25, 0.3) is 0 Å². The first-order valence-electron chi connectivity index (χ1n) is 8.86. The molecule has 0 saturated carbocycles. The van der Waals surface area contributed by atoms with E-state index in [1.807, 2.05) is 41.1 Å². The number of benzene rings is 2. The third-order valence-electron chi connectivity index (χ3n) is 5.00. The number of nitrogens with one attached hydrogen (secondary N) is 1. The fourth-order valence-electron chi connectivity index (χ4n) is 3.68. The minimum atomic E-state index is -0.0887. The van der Waals surface area contributed by atoms with Gasteiger partial charge in [-0.15, -0.1) is 0 Å². The molecular formula is C20H21ClN4O3. The van der Waals surface area contributed by atoms with Crippen LogP contribution in [-0.4, -0.2) is 36.1 Å². The standard InChI is InChI=1S/C20H21ClN4O3/c1-26-17-9-8-14(18(27-2)19(17)28-3)16-10-15(12-4-6-13(21)7-5-12)24-20-22-11-23-25(16)20/h4-9,11,15-16H,10H2,1-3H3,(H,22,23,24)/t15-,16+/m0/s1. The SMILES string of the molecule is COc1ccc([C@H]2C[C@@H](c3ccc(Cl)cc3)Nc3ncnn32)c(OC)c1OC. The highest BCUT2D eigenvalue weighted by Crippen LogP contribution is 2.46. The molecule has 3 aromatic rings. The summed E-state index contributed by atoms with van der Waals surface area (Å²) in [5.74, 6) is 2.51. The predicted molar refractivity (Wildman–Crippen MR) is 107 cm³/mol. The molecule has 2 heterocycles. The average molecular weight is 401 g/mol. The fourth-order valence-corrected chi connectivity index (χ4v) is 3.81. The first-order valence-corrected chi connectivity index (χ1v) is 9.24. The van der Waals surface area contributed by atoms with Crippen LogP contribution in [0.1, 0.15) is 29.6 Å². The van der Waals surface area contributed by atoms with Gasteiger partial charge < -0.3 is 19.5 Å². The van der Waals surface area contributed by atoms with E-state index in [0.29, 0.717) is 28.2 Å². The molecule has 0 amide bonds. The van der Waals surface area contributed by atoms with Crippen LogP contribution in [-0.2, 0) is 0 Å². The second-order valence-electron chi connectivity index (χ2n) is 6.45. The molecule has 0 spiro atoms. The maximum absolute atomic E-state index is 6.05. The molecular weight excluding hydrogens is 380 g/mol. The number of aromatic nitrogens is 3. The molecule has 146 valence electrons. The van der Waals surface area contributed by atoms with Crippen LogP contribution in [0.15, 0.2) is 42.7 Å². The molecule has 2 atom stereocenters. The van der Waals surface area contributed by atoms with Crippen molar-refractivity contribution in [3.8, 4) is 17.2 Å². The number of halogens is 1. The van der Waals surface area contributed by atoms with Crippen molar-refractivity contribution in [1.82, 2.24) is 14.8 Å². The summed E-state index contributed by atoms with van der Waals surface area (Å²) in [6.45, 7) is 0. The van der Waals surface area contributed by atoms with E-state index in [4.69, 9.17) is 25.8 Å². The highest BCUT2D eigenvalue weighted by Gasteiger charge is 2.33. The second-order valence-corrected chi connectivity index (χ2v) is 6.89. The van der Waals surface area contributed by atoms with Gasteiger partial charge in [0.15, 0.2) is 11.5 Å². The van der Waals surface area contributed by atoms with Crippen molar-refractivity contribution in [2.24, 2.45) is 0 Å². The van der Waals surface area contributed by atoms with E-state index in [-0.39, 0.29) is 12.1 Å². The maximum Gasteiger partial charge on any atom is 0.222 e. The first-order chi connectivity index (χ1) is 13.7. The largest absolute Gasteiger partial charge is 0.493 e. The third kappa shape index (κ3) is 3.11. The number of anilines is 1. The maximum atomic E-state index is 6.05. The van der Waals surface area contributed by atoms with Gasteiger partial charge in [0.25, 0.3) is 0 Å². The molecule has 0 saturated heterocycles. The highest BCUT2D eigenvalue weighted by molar-refractivity contribution is 6.30. The van der Waals surface area contributed by atoms with Crippen molar-refractivity contribution >= 4 is 17.5 Å². The highest BCUT2D eigenvalue weighted by atomic mass is 35.5. The molecule has 0 radical (unpaired) electrons. The molecule has 8 heteroatoms. The van der Waals surface area contributed by atoms with Crippen LogP contribution >= 0.6 is 11.6 Å². The zero-order chi connectivity index (χ0) is 19.7. The van der Waals surface area contributed by atoms with Crippen molar-refractivity contribution in [3.05, 3.63) is 58.9 Å². The molecule has 1 N–H and O–H groups in total. The molecule has 1 aliphatic heterocycles. The molecule has 7 nitrogen and oxygen atoms in total. The minimum absolute atomic E-state index is 0.0526. The van der Waals surface area contributed by atoms with Gasteiger partial charge in [-0.05, 0) is 36.2 Å². The van der Waals surface area contributed by atoms with Gasteiger partial charge in [0.05, 0.1) is 33.4 Å². The monoisotopic (exact) mass is 400 g/mol. The van der Waals surface area contributed by atoms with Crippen molar-refractivity contribution in [3.63, 3.8) is 0 Å². The summed E-state index contributed by atoms with van der Waals surface area (Å²) in [5, 5.41) is 8.58. The Hall–Kier alpha value is -2.93. The predicted octanol–water partition coefficient (Wildman–Crippen LogP) is 4.10. The normalized spacial score (nSPS) is 18.1. The summed E-state index contributed by atoms with van der Waals surface area (Å²) < 4.78 is 18.5. The number of nitrogens with zero attached hydrogens (tertiary/aromatic N) is 3. The molecule has 0 aliphatic carbocycles. The fraction of sp³-hybridized carbons (Fsp3) is 0.300. The van der Waals surface area contributed by atoms with Gasteiger partial charge >= 0.3 is 0 Å². The minimum Gasteiger partial charge on any atom is -0.493 e. The van der Waals surface area contributed by atoms with Gasteiger partial charge in [0, 0.05) is 10.6 Å². The molecule has 2 aromatic carbocycles. The van der Waals surface area contributed by atoms with E-state index in [9.17, 15) is 0 Å². The Balaban J connectivity index is 1.80. The van der Waals surface area contributed by atoms with Crippen molar-refractivity contribution in [1.29, 1.82) is 0 Å². The molecule has 0 fully saturated rings. The topological polar surface area (TPSA) is 70.4 Å². The summed E-state index contributed by atoms with van der Waals surface area (Å²) in [6.07, 6.45) is 2.30. The number of hydrogen-bond acceptors (Lipinski definition) is 6. The van der Waals surface area contributed by atoms with E-state index in [2.05, 4.69) is 15.4 Å². The number of fused-ring (bicyclic) bond motifs is 1. The third-order valence-corrected chi connectivity index (χ3v) is 5.25. The Kier molecular flexibility index (Phi) is 5.00. The lowest BCUT2D eigenvalue weighted by Gasteiger charge is -2.32. The lowest BCUT2D eigenvalue weighted by molar-refractivity contribution is 0.315.